The summed E-state index contributed by atoms with van der Waals surface area (Å²) >= 11 is 0. The number of aryl methyl sites for hydroxylation is 1. The molecule has 0 aromatic heterocycles. The lowest BCUT2D eigenvalue weighted by atomic mass is 10.2. The fourth-order valence-electron chi connectivity index (χ4n) is 1.41. The molecular formula is C13H20N2O. The van der Waals surface area contributed by atoms with Crippen LogP contribution >= 0.6 is 0 Å². The van der Waals surface area contributed by atoms with Gasteiger partial charge in [0.25, 0.3) is 0 Å². The average Bonchev–Trinajstić information content (AvgIpc) is 2.28. The second-order valence-electron chi connectivity index (χ2n) is 3.98. The third-order valence-corrected chi connectivity index (χ3v) is 2.50. The van der Waals surface area contributed by atoms with Gasteiger partial charge in [-0.2, -0.15) is 0 Å². The highest BCUT2D eigenvalue weighted by atomic mass is 16.2. The van der Waals surface area contributed by atoms with E-state index in [-0.39, 0.29) is 11.9 Å². The van der Waals surface area contributed by atoms with Crippen LogP contribution in [0.2, 0.25) is 0 Å². The number of nitrogens with one attached hydrogen (secondary N) is 2. The second-order valence-corrected chi connectivity index (χ2v) is 3.98. The second kappa shape index (κ2) is 6.28. The quantitative estimate of drug-likeness (QED) is 0.799. The van der Waals surface area contributed by atoms with Gasteiger partial charge in [0.15, 0.2) is 0 Å². The Hall–Kier alpha value is -1.35. The van der Waals surface area contributed by atoms with Crippen LogP contribution in [0.25, 0.3) is 0 Å². The van der Waals surface area contributed by atoms with Crippen molar-refractivity contribution < 1.29 is 4.79 Å². The van der Waals surface area contributed by atoms with Crippen molar-refractivity contribution in [3.8, 4) is 0 Å². The van der Waals surface area contributed by atoms with Crippen molar-refractivity contribution >= 4 is 11.6 Å². The molecule has 1 rings (SSSR count). The van der Waals surface area contributed by atoms with Crippen LogP contribution in [0, 0.1) is 6.92 Å². The Morgan fingerprint density at radius 1 is 1.38 bits per heavy atom. The molecule has 1 amide bonds. The monoisotopic (exact) mass is 220 g/mol. The fraction of sp³-hybridized carbons (Fsp3) is 0.462. The Kier molecular flexibility index (Phi) is 4.99. The largest absolute Gasteiger partial charge is 0.324 e. The molecule has 0 spiro atoms. The first kappa shape index (κ1) is 12.7. The van der Waals surface area contributed by atoms with Crippen molar-refractivity contribution in [2.45, 2.75) is 33.2 Å². The van der Waals surface area contributed by atoms with Crippen LogP contribution in [0.5, 0.6) is 0 Å². The van der Waals surface area contributed by atoms with E-state index in [9.17, 15) is 4.79 Å². The molecule has 0 heterocycles. The first-order valence-corrected chi connectivity index (χ1v) is 5.75. The SMILES string of the molecule is CCCN[C@@H](C)C(=O)Nc1ccccc1C. The van der Waals surface area contributed by atoms with Crippen LogP contribution < -0.4 is 10.6 Å². The first-order chi connectivity index (χ1) is 7.65. The van der Waals surface area contributed by atoms with Crippen molar-refractivity contribution in [2.75, 3.05) is 11.9 Å². The molecule has 1 atom stereocenters. The highest BCUT2D eigenvalue weighted by Gasteiger charge is 2.11. The molecule has 0 aliphatic heterocycles. The molecule has 0 saturated carbocycles. The zero-order chi connectivity index (χ0) is 12.0. The molecule has 3 heteroatoms. The van der Waals surface area contributed by atoms with Crippen LogP contribution in [0.1, 0.15) is 25.8 Å². The zero-order valence-electron chi connectivity index (χ0n) is 10.2. The Bertz CT molecular complexity index is 350. The average molecular weight is 220 g/mol. The predicted molar refractivity (Wildman–Crippen MR) is 67.6 cm³/mol. The molecular weight excluding hydrogens is 200 g/mol. The molecule has 3 nitrogen and oxygen atoms in total. The topological polar surface area (TPSA) is 41.1 Å². The number of rotatable bonds is 5. The molecule has 0 unspecified atom stereocenters. The number of anilines is 1. The minimum Gasteiger partial charge on any atom is -0.324 e. The summed E-state index contributed by atoms with van der Waals surface area (Å²) in [6.45, 7) is 6.81. The third-order valence-electron chi connectivity index (χ3n) is 2.50. The van der Waals surface area contributed by atoms with Crippen molar-refractivity contribution in [1.29, 1.82) is 0 Å². The number of amides is 1. The maximum atomic E-state index is 11.8. The van der Waals surface area contributed by atoms with Gasteiger partial charge in [-0.1, -0.05) is 25.1 Å². The first-order valence-electron chi connectivity index (χ1n) is 5.75. The van der Waals surface area contributed by atoms with Gasteiger partial charge >= 0.3 is 0 Å². The van der Waals surface area contributed by atoms with Gasteiger partial charge in [-0.05, 0) is 38.4 Å². The molecule has 0 saturated heterocycles. The number of benzene rings is 1. The Balaban J connectivity index is 2.54. The van der Waals surface area contributed by atoms with Crippen LogP contribution in [0.4, 0.5) is 5.69 Å². The maximum Gasteiger partial charge on any atom is 0.241 e. The lowest BCUT2D eigenvalue weighted by Gasteiger charge is -2.14. The number of carbonyl (C=O) groups is 1. The van der Waals surface area contributed by atoms with Gasteiger partial charge in [0.2, 0.25) is 5.91 Å². The van der Waals surface area contributed by atoms with E-state index in [1.165, 1.54) is 0 Å². The molecule has 1 aromatic rings. The number of carbonyl (C=O) groups excluding carboxylic acids is 1. The van der Waals surface area contributed by atoms with E-state index in [1.807, 2.05) is 38.1 Å². The molecule has 0 fully saturated rings. The van der Waals surface area contributed by atoms with Crippen molar-refractivity contribution in [2.24, 2.45) is 0 Å². The minimum atomic E-state index is -0.153. The zero-order valence-corrected chi connectivity index (χ0v) is 10.2. The molecule has 2 N–H and O–H groups in total. The van der Waals surface area contributed by atoms with Gasteiger partial charge in [0, 0.05) is 5.69 Å². The summed E-state index contributed by atoms with van der Waals surface area (Å²) in [5, 5.41) is 6.08. The molecule has 1 aromatic carbocycles. The van der Waals surface area contributed by atoms with E-state index in [2.05, 4.69) is 17.6 Å². The summed E-state index contributed by atoms with van der Waals surface area (Å²) in [7, 11) is 0. The summed E-state index contributed by atoms with van der Waals surface area (Å²) in [5.74, 6) is 0.0164. The number of hydrogen-bond donors (Lipinski definition) is 2. The molecule has 0 aliphatic carbocycles. The van der Waals surface area contributed by atoms with E-state index >= 15 is 0 Å². The van der Waals surface area contributed by atoms with Crippen molar-refractivity contribution in [3.05, 3.63) is 29.8 Å². The van der Waals surface area contributed by atoms with Gasteiger partial charge in [0.05, 0.1) is 6.04 Å². The fourth-order valence-corrected chi connectivity index (χ4v) is 1.41. The molecule has 88 valence electrons. The van der Waals surface area contributed by atoms with Gasteiger partial charge in [-0.25, -0.2) is 0 Å². The number of hydrogen-bond acceptors (Lipinski definition) is 2. The molecule has 0 radical (unpaired) electrons. The van der Waals surface area contributed by atoms with E-state index in [4.69, 9.17) is 0 Å². The lowest BCUT2D eigenvalue weighted by Crippen LogP contribution is -2.38. The molecule has 16 heavy (non-hydrogen) atoms. The van der Waals surface area contributed by atoms with E-state index in [0.29, 0.717) is 0 Å². The maximum absolute atomic E-state index is 11.8. The summed E-state index contributed by atoms with van der Waals surface area (Å²) in [6.07, 6.45) is 1.03. The highest BCUT2D eigenvalue weighted by molar-refractivity contribution is 5.95. The number of para-hydroxylation sites is 1. The van der Waals surface area contributed by atoms with Gasteiger partial charge < -0.3 is 10.6 Å². The lowest BCUT2D eigenvalue weighted by molar-refractivity contribution is -0.117. The van der Waals surface area contributed by atoms with Gasteiger partial charge in [-0.3, -0.25) is 4.79 Å². The summed E-state index contributed by atoms with van der Waals surface area (Å²) in [6, 6.07) is 7.63. The smallest absolute Gasteiger partial charge is 0.241 e. The van der Waals surface area contributed by atoms with Gasteiger partial charge in [0.1, 0.15) is 0 Å². The Morgan fingerprint density at radius 3 is 2.69 bits per heavy atom. The standard InChI is InChI=1S/C13H20N2O/c1-4-9-14-11(3)13(16)15-12-8-6-5-7-10(12)2/h5-8,11,14H,4,9H2,1-3H3,(H,15,16)/t11-/m0/s1. The molecule has 0 bridgehead atoms. The van der Waals surface area contributed by atoms with E-state index < -0.39 is 0 Å². The van der Waals surface area contributed by atoms with Crippen LogP contribution in [0.15, 0.2) is 24.3 Å². The Labute approximate surface area is 97.2 Å². The normalized spacial score (nSPS) is 12.2. The van der Waals surface area contributed by atoms with Crippen LogP contribution in [-0.2, 0) is 4.79 Å². The summed E-state index contributed by atoms with van der Waals surface area (Å²) < 4.78 is 0. The summed E-state index contributed by atoms with van der Waals surface area (Å²) in [5.41, 5.74) is 1.97. The van der Waals surface area contributed by atoms with E-state index in [0.717, 1.165) is 24.2 Å². The predicted octanol–water partition coefficient (Wildman–Crippen LogP) is 2.32. The summed E-state index contributed by atoms with van der Waals surface area (Å²) in [4.78, 5) is 11.8. The third kappa shape index (κ3) is 3.66. The highest BCUT2D eigenvalue weighted by Crippen LogP contribution is 2.13. The van der Waals surface area contributed by atoms with Crippen molar-refractivity contribution in [1.82, 2.24) is 5.32 Å². The van der Waals surface area contributed by atoms with Crippen LogP contribution in [0.3, 0.4) is 0 Å². The Morgan fingerprint density at radius 2 is 2.06 bits per heavy atom. The van der Waals surface area contributed by atoms with Gasteiger partial charge in [-0.15, -0.1) is 0 Å². The molecule has 0 aliphatic rings. The van der Waals surface area contributed by atoms with Crippen LogP contribution in [-0.4, -0.2) is 18.5 Å². The van der Waals surface area contributed by atoms with E-state index in [1.54, 1.807) is 0 Å². The minimum absolute atomic E-state index is 0.0164. The van der Waals surface area contributed by atoms with Crippen molar-refractivity contribution in [3.63, 3.8) is 0 Å².